The van der Waals surface area contributed by atoms with Crippen LogP contribution in [0.2, 0.25) is 0 Å². The number of hydrogen-bond acceptors (Lipinski definition) is 3. The van der Waals surface area contributed by atoms with Crippen LogP contribution in [0.1, 0.15) is 23.7 Å². The molecule has 3 nitrogen and oxygen atoms in total. The highest BCUT2D eigenvalue weighted by Gasteiger charge is 2.07. The van der Waals surface area contributed by atoms with E-state index in [4.69, 9.17) is 0 Å². The summed E-state index contributed by atoms with van der Waals surface area (Å²) < 4.78 is 0. The molecule has 0 spiro atoms. The van der Waals surface area contributed by atoms with E-state index < -0.39 is 0 Å². The van der Waals surface area contributed by atoms with Crippen LogP contribution in [-0.4, -0.2) is 9.97 Å². The van der Waals surface area contributed by atoms with Crippen LogP contribution in [0.5, 0.6) is 0 Å². The van der Waals surface area contributed by atoms with Crippen molar-refractivity contribution in [3.63, 3.8) is 0 Å². The first-order valence-corrected chi connectivity index (χ1v) is 7.57. The van der Waals surface area contributed by atoms with Gasteiger partial charge in [0.25, 0.3) is 5.56 Å². The summed E-state index contributed by atoms with van der Waals surface area (Å²) in [5.41, 5.74) is 2.73. The lowest BCUT2D eigenvalue weighted by Gasteiger charge is -2.06. The molecular weight excluding hydrogens is 268 g/mol. The van der Waals surface area contributed by atoms with Crippen LogP contribution < -0.4 is 5.56 Å². The predicted octanol–water partition coefficient (Wildman–Crippen LogP) is 3.49. The third kappa shape index (κ3) is 3.84. The van der Waals surface area contributed by atoms with Crippen molar-refractivity contribution in [2.45, 2.75) is 31.2 Å². The first-order valence-electron chi connectivity index (χ1n) is 6.58. The number of aromatic nitrogens is 2. The highest BCUT2D eigenvalue weighted by Crippen LogP contribution is 2.18. The van der Waals surface area contributed by atoms with Crippen LogP contribution in [0, 0.1) is 6.92 Å². The molecule has 0 fully saturated rings. The Kier molecular flexibility index (Phi) is 5.18. The Bertz CT molecular complexity index is 647. The molecule has 1 N–H and O–H groups in total. The zero-order chi connectivity index (χ0) is 14.4. The van der Waals surface area contributed by atoms with Gasteiger partial charge in [-0.25, -0.2) is 0 Å². The topological polar surface area (TPSA) is 45.8 Å². The second-order valence-corrected chi connectivity index (χ2v) is 5.46. The zero-order valence-corrected chi connectivity index (χ0v) is 12.5. The Labute approximate surface area is 123 Å². The average molecular weight is 286 g/mol. The fraction of sp³-hybridized carbons (Fsp3) is 0.250. The number of aryl methyl sites for hydroxylation is 1. The molecule has 0 atom stereocenters. The monoisotopic (exact) mass is 286 g/mol. The molecule has 0 aliphatic rings. The van der Waals surface area contributed by atoms with Crippen molar-refractivity contribution in [1.29, 1.82) is 0 Å². The van der Waals surface area contributed by atoms with Gasteiger partial charge in [-0.1, -0.05) is 54.2 Å². The zero-order valence-electron chi connectivity index (χ0n) is 11.7. The molecule has 104 valence electrons. The summed E-state index contributed by atoms with van der Waals surface area (Å²) in [6.45, 7) is 3.87. The fourth-order valence-corrected chi connectivity index (χ4v) is 2.72. The number of thioether (sulfide) groups is 1. The Balaban J connectivity index is 2.12. The van der Waals surface area contributed by atoms with E-state index in [0.717, 1.165) is 17.0 Å². The average Bonchev–Trinajstić information content (AvgIpc) is 2.45. The molecule has 0 aliphatic carbocycles. The minimum absolute atomic E-state index is 0.130. The van der Waals surface area contributed by atoms with Gasteiger partial charge >= 0.3 is 0 Å². The molecule has 0 bridgehead atoms. The number of allylic oxidation sites excluding steroid dienone is 2. The minimum atomic E-state index is -0.130. The highest BCUT2D eigenvalue weighted by atomic mass is 32.2. The Hall–Kier alpha value is -1.81. The molecule has 0 unspecified atom stereocenters. The SMILES string of the molecule is C/C=C/Cc1c(C)[nH]c(SCc2ccccc2)nc1=O. The van der Waals surface area contributed by atoms with E-state index in [1.54, 1.807) is 11.8 Å². The third-order valence-electron chi connectivity index (χ3n) is 2.98. The highest BCUT2D eigenvalue weighted by molar-refractivity contribution is 7.98. The molecule has 4 heteroatoms. The Morgan fingerprint density at radius 3 is 2.70 bits per heavy atom. The second-order valence-electron chi connectivity index (χ2n) is 4.50. The summed E-state index contributed by atoms with van der Waals surface area (Å²) in [6, 6.07) is 10.2. The van der Waals surface area contributed by atoms with E-state index in [0.29, 0.717) is 11.6 Å². The van der Waals surface area contributed by atoms with Crippen molar-refractivity contribution in [3.8, 4) is 0 Å². The molecule has 2 aromatic rings. The van der Waals surface area contributed by atoms with Gasteiger partial charge < -0.3 is 4.98 Å². The summed E-state index contributed by atoms with van der Waals surface area (Å²) >= 11 is 1.55. The predicted molar refractivity (Wildman–Crippen MR) is 84.1 cm³/mol. The van der Waals surface area contributed by atoms with E-state index >= 15 is 0 Å². The Morgan fingerprint density at radius 2 is 2.05 bits per heavy atom. The van der Waals surface area contributed by atoms with Crippen molar-refractivity contribution in [3.05, 3.63) is 69.7 Å². The van der Waals surface area contributed by atoms with Gasteiger partial charge in [0, 0.05) is 17.0 Å². The van der Waals surface area contributed by atoms with Crippen LogP contribution in [0.25, 0.3) is 0 Å². The Morgan fingerprint density at radius 1 is 1.30 bits per heavy atom. The summed E-state index contributed by atoms with van der Waals surface area (Å²) in [4.78, 5) is 19.3. The number of benzene rings is 1. The van der Waals surface area contributed by atoms with Gasteiger partial charge in [0.1, 0.15) is 0 Å². The van der Waals surface area contributed by atoms with Crippen LogP contribution in [0.15, 0.2) is 52.4 Å². The fourth-order valence-electron chi connectivity index (χ4n) is 1.85. The first kappa shape index (κ1) is 14.6. The lowest BCUT2D eigenvalue weighted by Crippen LogP contribution is -2.16. The van der Waals surface area contributed by atoms with Gasteiger partial charge in [-0.2, -0.15) is 4.98 Å². The summed E-state index contributed by atoms with van der Waals surface area (Å²) in [6.07, 6.45) is 4.54. The maximum atomic E-state index is 12.0. The molecule has 1 aromatic heterocycles. The number of rotatable bonds is 5. The summed E-state index contributed by atoms with van der Waals surface area (Å²) in [5.74, 6) is 0.803. The van der Waals surface area contributed by atoms with Gasteiger partial charge in [0.05, 0.1) is 0 Å². The largest absolute Gasteiger partial charge is 0.338 e. The molecule has 0 amide bonds. The lowest BCUT2D eigenvalue weighted by molar-refractivity contribution is 0.870. The van der Waals surface area contributed by atoms with Crippen LogP contribution in [0.4, 0.5) is 0 Å². The van der Waals surface area contributed by atoms with Crippen molar-refractivity contribution in [2.75, 3.05) is 0 Å². The van der Waals surface area contributed by atoms with Gasteiger partial charge in [-0.05, 0) is 25.8 Å². The maximum Gasteiger partial charge on any atom is 0.277 e. The second kappa shape index (κ2) is 7.10. The lowest BCUT2D eigenvalue weighted by atomic mass is 10.1. The standard InChI is InChI=1S/C16H18N2OS/c1-3-4-10-14-12(2)17-16(18-15(14)19)20-11-13-8-6-5-7-9-13/h3-9H,10-11H2,1-2H3,(H,17,18,19)/b4-3+. The molecule has 0 aliphatic heterocycles. The number of hydrogen-bond donors (Lipinski definition) is 1. The van der Waals surface area contributed by atoms with E-state index in [-0.39, 0.29) is 5.56 Å². The number of H-pyrrole nitrogens is 1. The van der Waals surface area contributed by atoms with Gasteiger partial charge in [-0.3, -0.25) is 4.79 Å². The number of nitrogens with zero attached hydrogens (tertiary/aromatic N) is 1. The molecule has 1 heterocycles. The molecule has 0 saturated carbocycles. The molecule has 20 heavy (non-hydrogen) atoms. The molecule has 0 saturated heterocycles. The third-order valence-corrected chi connectivity index (χ3v) is 3.93. The van der Waals surface area contributed by atoms with Crippen molar-refractivity contribution >= 4 is 11.8 Å². The molecule has 1 aromatic carbocycles. The van der Waals surface area contributed by atoms with E-state index in [1.165, 1.54) is 5.56 Å². The normalized spacial score (nSPS) is 11.1. The molecular formula is C16H18N2OS. The van der Waals surface area contributed by atoms with Crippen molar-refractivity contribution in [2.24, 2.45) is 0 Å². The van der Waals surface area contributed by atoms with Crippen molar-refractivity contribution in [1.82, 2.24) is 9.97 Å². The quantitative estimate of drug-likeness (QED) is 0.520. The number of nitrogens with one attached hydrogen (secondary N) is 1. The van der Waals surface area contributed by atoms with E-state index in [1.807, 2.05) is 44.2 Å². The van der Waals surface area contributed by atoms with Gasteiger partial charge in [0.15, 0.2) is 5.16 Å². The summed E-state index contributed by atoms with van der Waals surface area (Å²) in [5, 5.41) is 0.681. The van der Waals surface area contributed by atoms with Crippen LogP contribution in [-0.2, 0) is 12.2 Å². The van der Waals surface area contributed by atoms with Gasteiger partial charge in [0.2, 0.25) is 0 Å². The smallest absolute Gasteiger partial charge is 0.277 e. The van der Waals surface area contributed by atoms with Crippen molar-refractivity contribution < 1.29 is 0 Å². The van der Waals surface area contributed by atoms with Crippen LogP contribution >= 0.6 is 11.8 Å². The van der Waals surface area contributed by atoms with E-state index in [9.17, 15) is 4.79 Å². The van der Waals surface area contributed by atoms with E-state index in [2.05, 4.69) is 22.1 Å². The number of aromatic amines is 1. The first-order chi connectivity index (χ1) is 9.70. The van der Waals surface area contributed by atoms with Crippen LogP contribution in [0.3, 0.4) is 0 Å². The minimum Gasteiger partial charge on any atom is -0.338 e. The molecule has 0 radical (unpaired) electrons. The maximum absolute atomic E-state index is 12.0. The van der Waals surface area contributed by atoms with Gasteiger partial charge in [-0.15, -0.1) is 0 Å². The summed E-state index contributed by atoms with van der Waals surface area (Å²) in [7, 11) is 0. The molecule has 2 rings (SSSR count).